The predicted octanol–water partition coefficient (Wildman–Crippen LogP) is 2.54. The fourth-order valence-corrected chi connectivity index (χ4v) is 3.15. The molecule has 0 aliphatic heterocycles. The zero-order chi connectivity index (χ0) is 14.1. The summed E-state index contributed by atoms with van der Waals surface area (Å²) >= 11 is 0. The second-order valence-corrected chi connectivity index (χ2v) is 5.58. The Morgan fingerprint density at radius 3 is 2.90 bits per heavy atom. The van der Waals surface area contributed by atoms with Crippen molar-refractivity contribution in [3.63, 3.8) is 0 Å². The fraction of sp³-hybridized carbons (Fsp3) is 0.438. The molecule has 0 radical (unpaired) electrons. The maximum Gasteiger partial charge on any atom is 0.256 e. The van der Waals surface area contributed by atoms with Crippen molar-refractivity contribution in [1.82, 2.24) is 9.88 Å². The summed E-state index contributed by atoms with van der Waals surface area (Å²) in [6.07, 6.45) is 5.23. The highest BCUT2D eigenvalue weighted by Crippen LogP contribution is 2.25. The van der Waals surface area contributed by atoms with Gasteiger partial charge in [-0.3, -0.25) is 4.79 Å². The molecule has 4 nitrogen and oxygen atoms in total. The number of H-pyrrole nitrogens is 1. The average Bonchev–Trinajstić information content (AvgIpc) is 2.94. The molecule has 2 unspecified atom stereocenters. The van der Waals surface area contributed by atoms with E-state index in [0.29, 0.717) is 5.56 Å². The van der Waals surface area contributed by atoms with Crippen LogP contribution >= 0.6 is 0 Å². The Kier molecular flexibility index (Phi) is 3.49. The van der Waals surface area contributed by atoms with E-state index in [2.05, 4.69) is 4.98 Å². The van der Waals surface area contributed by atoms with Crippen molar-refractivity contribution in [1.29, 1.82) is 0 Å². The van der Waals surface area contributed by atoms with Crippen LogP contribution in [-0.4, -0.2) is 40.1 Å². The van der Waals surface area contributed by atoms with Crippen molar-refractivity contribution in [3.05, 3.63) is 36.0 Å². The third kappa shape index (κ3) is 2.20. The van der Waals surface area contributed by atoms with Crippen LogP contribution < -0.4 is 0 Å². The summed E-state index contributed by atoms with van der Waals surface area (Å²) in [6, 6.07) is 7.61. The monoisotopic (exact) mass is 272 g/mol. The molecular formula is C16H20N2O2. The molecule has 1 saturated carbocycles. The fourth-order valence-electron chi connectivity index (χ4n) is 3.15. The molecule has 1 aromatic heterocycles. The Morgan fingerprint density at radius 1 is 1.30 bits per heavy atom. The lowest BCUT2D eigenvalue weighted by Gasteiger charge is -2.35. The SMILES string of the molecule is CN(C(=O)c1cccc2cc[nH]c12)C1CCCCC1O. The van der Waals surface area contributed by atoms with Crippen LogP contribution in [-0.2, 0) is 0 Å². The molecule has 0 saturated heterocycles. The molecular weight excluding hydrogens is 252 g/mol. The van der Waals surface area contributed by atoms with Gasteiger partial charge in [-0.25, -0.2) is 0 Å². The van der Waals surface area contributed by atoms with Crippen LogP contribution in [0.4, 0.5) is 0 Å². The summed E-state index contributed by atoms with van der Waals surface area (Å²) in [5.41, 5.74) is 1.54. The summed E-state index contributed by atoms with van der Waals surface area (Å²) in [5.74, 6) is -0.0241. The van der Waals surface area contributed by atoms with Gasteiger partial charge in [0.2, 0.25) is 0 Å². The standard InChI is InChI=1S/C16H20N2O2/c1-18(13-7-2-3-8-14(13)19)16(20)12-6-4-5-11-9-10-17-15(11)12/h4-6,9-10,13-14,17,19H,2-3,7-8H2,1H3. The molecule has 1 fully saturated rings. The molecule has 0 bridgehead atoms. The summed E-state index contributed by atoms with van der Waals surface area (Å²) in [6.45, 7) is 0. The van der Waals surface area contributed by atoms with Crippen LogP contribution in [0, 0.1) is 0 Å². The second kappa shape index (κ2) is 5.29. The van der Waals surface area contributed by atoms with Crippen LogP contribution in [0.15, 0.2) is 30.5 Å². The smallest absolute Gasteiger partial charge is 0.256 e. The number of nitrogens with one attached hydrogen (secondary N) is 1. The van der Waals surface area contributed by atoms with Crippen molar-refractivity contribution in [2.75, 3.05) is 7.05 Å². The maximum absolute atomic E-state index is 12.7. The van der Waals surface area contributed by atoms with Gasteiger partial charge < -0.3 is 15.0 Å². The van der Waals surface area contributed by atoms with E-state index in [1.807, 2.05) is 30.5 Å². The van der Waals surface area contributed by atoms with E-state index < -0.39 is 6.10 Å². The minimum Gasteiger partial charge on any atom is -0.391 e. The highest BCUT2D eigenvalue weighted by molar-refractivity contribution is 6.05. The minimum absolute atomic E-state index is 0.0241. The number of aromatic nitrogens is 1. The number of para-hydroxylation sites is 1. The van der Waals surface area contributed by atoms with Crippen molar-refractivity contribution < 1.29 is 9.90 Å². The molecule has 0 spiro atoms. The van der Waals surface area contributed by atoms with E-state index in [1.165, 1.54) is 0 Å². The molecule has 1 aliphatic rings. The van der Waals surface area contributed by atoms with Crippen LogP contribution in [0.25, 0.3) is 10.9 Å². The Hall–Kier alpha value is -1.81. The predicted molar refractivity (Wildman–Crippen MR) is 78.7 cm³/mol. The van der Waals surface area contributed by atoms with Gasteiger partial charge in [-0.2, -0.15) is 0 Å². The summed E-state index contributed by atoms with van der Waals surface area (Å²) < 4.78 is 0. The number of aliphatic hydroxyl groups excluding tert-OH is 1. The number of likely N-dealkylation sites (N-methyl/N-ethyl adjacent to an activating group) is 1. The second-order valence-electron chi connectivity index (χ2n) is 5.58. The van der Waals surface area contributed by atoms with Gasteiger partial charge in [-0.15, -0.1) is 0 Å². The van der Waals surface area contributed by atoms with Gasteiger partial charge in [0, 0.05) is 18.6 Å². The topological polar surface area (TPSA) is 56.3 Å². The molecule has 2 N–H and O–H groups in total. The molecule has 106 valence electrons. The number of carbonyl (C=O) groups is 1. The van der Waals surface area contributed by atoms with Crippen LogP contribution in [0.2, 0.25) is 0 Å². The number of benzene rings is 1. The Bertz CT molecular complexity index is 620. The lowest BCUT2D eigenvalue weighted by molar-refractivity contribution is 0.0269. The molecule has 1 heterocycles. The van der Waals surface area contributed by atoms with Crippen LogP contribution in [0.5, 0.6) is 0 Å². The molecule has 3 rings (SSSR count). The number of fused-ring (bicyclic) bond motifs is 1. The summed E-state index contributed by atoms with van der Waals surface area (Å²) in [7, 11) is 1.79. The summed E-state index contributed by atoms with van der Waals surface area (Å²) in [4.78, 5) is 17.5. The first-order valence-electron chi connectivity index (χ1n) is 7.20. The van der Waals surface area contributed by atoms with Crippen molar-refractivity contribution in [3.8, 4) is 0 Å². The molecule has 2 aromatic rings. The van der Waals surface area contributed by atoms with Crippen molar-refractivity contribution in [2.24, 2.45) is 0 Å². The van der Waals surface area contributed by atoms with Crippen molar-refractivity contribution >= 4 is 16.8 Å². The highest BCUT2D eigenvalue weighted by Gasteiger charge is 2.30. The third-order valence-corrected chi connectivity index (χ3v) is 4.33. The summed E-state index contributed by atoms with van der Waals surface area (Å²) in [5, 5.41) is 11.1. The van der Waals surface area contributed by atoms with Gasteiger partial charge in [0.1, 0.15) is 0 Å². The lowest BCUT2D eigenvalue weighted by atomic mass is 9.91. The van der Waals surface area contributed by atoms with Gasteiger partial charge in [-0.05, 0) is 25.0 Å². The van der Waals surface area contributed by atoms with Gasteiger partial charge in [0.05, 0.1) is 23.2 Å². The first-order valence-corrected chi connectivity index (χ1v) is 7.20. The number of nitrogens with zero attached hydrogens (tertiary/aromatic N) is 1. The van der Waals surface area contributed by atoms with Gasteiger partial charge in [0.15, 0.2) is 0 Å². The van der Waals surface area contributed by atoms with Crippen LogP contribution in [0.3, 0.4) is 0 Å². The zero-order valence-electron chi connectivity index (χ0n) is 11.7. The molecule has 1 aliphatic carbocycles. The van der Waals surface area contributed by atoms with E-state index in [4.69, 9.17) is 0 Å². The number of hydrogen-bond acceptors (Lipinski definition) is 2. The number of aliphatic hydroxyl groups is 1. The molecule has 4 heteroatoms. The first kappa shape index (κ1) is 13.2. The molecule has 1 aromatic carbocycles. The minimum atomic E-state index is -0.402. The van der Waals surface area contributed by atoms with Gasteiger partial charge in [0.25, 0.3) is 5.91 Å². The first-order chi connectivity index (χ1) is 9.68. The number of amides is 1. The Labute approximate surface area is 118 Å². The number of carbonyl (C=O) groups excluding carboxylic acids is 1. The lowest BCUT2D eigenvalue weighted by Crippen LogP contribution is -2.46. The normalized spacial score (nSPS) is 22.9. The van der Waals surface area contributed by atoms with Crippen LogP contribution in [0.1, 0.15) is 36.0 Å². The van der Waals surface area contributed by atoms with E-state index in [9.17, 15) is 9.90 Å². The van der Waals surface area contributed by atoms with Crippen molar-refractivity contribution in [2.45, 2.75) is 37.8 Å². The third-order valence-electron chi connectivity index (χ3n) is 4.33. The number of rotatable bonds is 2. The maximum atomic E-state index is 12.7. The van der Waals surface area contributed by atoms with E-state index >= 15 is 0 Å². The Balaban J connectivity index is 1.89. The van der Waals surface area contributed by atoms with Gasteiger partial charge in [-0.1, -0.05) is 25.0 Å². The quantitative estimate of drug-likeness (QED) is 0.882. The molecule has 2 atom stereocenters. The number of aromatic amines is 1. The largest absolute Gasteiger partial charge is 0.391 e. The van der Waals surface area contributed by atoms with Gasteiger partial charge >= 0.3 is 0 Å². The zero-order valence-corrected chi connectivity index (χ0v) is 11.7. The average molecular weight is 272 g/mol. The highest BCUT2D eigenvalue weighted by atomic mass is 16.3. The molecule has 1 amide bonds. The molecule has 20 heavy (non-hydrogen) atoms. The Morgan fingerprint density at radius 2 is 2.10 bits per heavy atom. The van der Waals surface area contributed by atoms with E-state index in [-0.39, 0.29) is 11.9 Å². The number of hydrogen-bond donors (Lipinski definition) is 2. The van der Waals surface area contributed by atoms with E-state index in [0.717, 1.165) is 36.6 Å². The van der Waals surface area contributed by atoms with E-state index in [1.54, 1.807) is 11.9 Å².